The molecule has 1 heterocycles. The van der Waals surface area contributed by atoms with Crippen molar-refractivity contribution in [2.24, 2.45) is 5.73 Å². The fourth-order valence-corrected chi connectivity index (χ4v) is 2.19. The minimum absolute atomic E-state index is 0.284. The molecule has 4 nitrogen and oxygen atoms in total. The Morgan fingerprint density at radius 1 is 1.40 bits per heavy atom. The number of rotatable bonds is 6. The summed E-state index contributed by atoms with van der Waals surface area (Å²) in [5.74, 6) is 0.285. The van der Waals surface area contributed by atoms with Gasteiger partial charge in [-0.3, -0.25) is 10.3 Å². The first kappa shape index (κ1) is 12.5. The first-order valence-electron chi connectivity index (χ1n) is 5.92. The fraction of sp³-hybridized carbons (Fsp3) is 0.909. The third-order valence-electron chi connectivity index (χ3n) is 3.10. The maximum atomic E-state index is 9.21. The standard InChI is InChI=1S/C11H23N3O/c12-11(13)6-2-4-8-14-7-3-1-5-10(14)9-15/h10,15H,1-9H2,(H3,12,13). The summed E-state index contributed by atoms with van der Waals surface area (Å²) < 4.78 is 0. The van der Waals surface area contributed by atoms with Gasteiger partial charge in [0.1, 0.15) is 0 Å². The van der Waals surface area contributed by atoms with E-state index in [1.807, 2.05) is 0 Å². The highest BCUT2D eigenvalue weighted by molar-refractivity contribution is 5.76. The van der Waals surface area contributed by atoms with Gasteiger partial charge in [-0.1, -0.05) is 6.42 Å². The van der Waals surface area contributed by atoms with Crippen molar-refractivity contribution in [2.45, 2.75) is 44.6 Å². The number of hydrogen-bond acceptors (Lipinski definition) is 3. The monoisotopic (exact) mass is 213 g/mol. The zero-order chi connectivity index (χ0) is 11.1. The number of nitrogens with zero attached hydrogens (tertiary/aromatic N) is 1. The Morgan fingerprint density at radius 2 is 2.20 bits per heavy atom. The SMILES string of the molecule is N=C(N)CCCCN1CCCCC1CO. The van der Waals surface area contributed by atoms with E-state index < -0.39 is 0 Å². The minimum Gasteiger partial charge on any atom is -0.395 e. The second-order valence-corrected chi connectivity index (χ2v) is 4.35. The summed E-state index contributed by atoms with van der Waals surface area (Å²) in [4.78, 5) is 2.38. The maximum absolute atomic E-state index is 9.21. The van der Waals surface area contributed by atoms with Gasteiger partial charge in [-0.2, -0.15) is 0 Å². The topological polar surface area (TPSA) is 73.3 Å². The summed E-state index contributed by atoms with van der Waals surface area (Å²) in [5, 5.41) is 16.3. The second kappa shape index (κ2) is 6.80. The zero-order valence-corrected chi connectivity index (χ0v) is 9.41. The molecule has 0 saturated carbocycles. The highest BCUT2D eigenvalue weighted by Gasteiger charge is 2.20. The number of nitrogens with one attached hydrogen (secondary N) is 1. The Hall–Kier alpha value is -0.610. The van der Waals surface area contributed by atoms with Crippen molar-refractivity contribution in [3.8, 4) is 0 Å². The van der Waals surface area contributed by atoms with Crippen molar-refractivity contribution < 1.29 is 5.11 Å². The predicted molar refractivity (Wildman–Crippen MR) is 62.1 cm³/mol. The summed E-state index contributed by atoms with van der Waals surface area (Å²) in [7, 11) is 0. The molecule has 4 heteroatoms. The average Bonchev–Trinajstić information content (AvgIpc) is 2.24. The van der Waals surface area contributed by atoms with Crippen LogP contribution in [-0.2, 0) is 0 Å². The second-order valence-electron chi connectivity index (χ2n) is 4.35. The number of hydrogen-bond donors (Lipinski definition) is 3. The van der Waals surface area contributed by atoms with E-state index in [9.17, 15) is 5.11 Å². The van der Waals surface area contributed by atoms with Crippen molar-refractivity contribution >= 4 is 5.84 Å². The van der Waals surface area contributed by atoms with Gasteiger partial charge in [-0.25, -0.2) is 0 Å². The van der Waals surface area contributed by atoms with E-state index >= 15 is 0 Å². The molecule has 1 atom stereocenters. The summed E-state index contributed by atoms with van der Waals surface area (Å²) >= 11 is 0. The van der Waals surface area contributed by atoms with Crippen molar-refractivity contribution in [3.05, 3.63) is 0 Å². The van der Waals surface area contributed by atoms with Gasteiger partial charge in [-0.05, 0) is 38.8 Å². The first-order valence-corrected chi connectivity index (χ1v) is 5.92. The average molecular weight is 213 g/mol. The number of aliphatic hydroxyl groups is 1. The number of nitrogens with two attached hydrogens (primary N) is 1. The van der Waals surface area contributed by atoms with Gasteiger partial charge in [0.25, 0.3) is 0 Å². The lowest BCUT2D eigenvalue weighted by Gasteiger charge is -2.34. The van der Waals surface area contributed by atoms with Crippen LogP contribution in [0.25, 0.3) is 0 Å². The molecule has 88 valence electrons. The van der Waals surface area contributed by atoms with Gasteiger partial charge in [0.2, 0.25) is 0 Å². The van der Waals surface area contributed by atoms with Crippen molar-refractivity contribution in [1.29, 1.82) is 5.41 Å². The van der Waals surface area contributed by atoms with Crippen molar-refractivity contribution in [2.75, 3.05) is 19.7 Å². The third kappa shape index (κ3) is 4.62. The van der Waals surface area contributed by atoms with Gasteiger partial charge < -0.3 is 10.8 Å². The van der Waals surface area contributed by atoms with Gasteiger partial charge >= 0.3 is 0 Å². The van der Waals surface area contributed by atoms with Gasteiger partial charge in [0.05, 0.1) is 12.4 Å². The summed E-state index contributed by atoms with van der Waals surface area (Å²) in [6.07, 6.45) is 6.40. The quantitative estimate of drug-likeness (QED) is 0.349. The molecule has 0 aromatic heterocycles. The van der Waals surface area contributed by atoms with Gasteiger partial charge in [0, 0.05) is 12.5 Å². The normalized spacial score (nSPS) is 22.9. The molecular weight excluding hydrogens is 190 g/mol. The molecule has 0 aliphatic carbocycles. The Kier molecular flexibility index (Phi) is 5.65. The molecular formula is C11H23N3O. The predicted octanol–water partition coefficient (Wildman–Crippen LogP) is 0.939. The van der Waals surface area contributed by atoms with Crippen molar-refractivity contribution in [1.82, 2.24) is 4.90 Å². The largest absolute Gasteiger partial charge is 0.395 e. The van der Waals surface area contributed by atoms with Crippen LogP contribution in [0.2, 0.25) is 0 Å². The van der Waals surface area contributed by atoms with Crippen LogP contribution >= 0.6 is 0 Å². The molecule has 0 bridgehead atoms. The molecule has 0 aromatic rings. The van der Waals surface area contributed by atoms with Crippen LogP contribution in [0.5, 0.6) is 0 Å². The third-order valence-corrected chi connectivity index (χ3v) is 3.10. The Morgan fingerprint density at radius 3 is 2.87 bits per heavy atom. The fourth-order valence-electron chi connectivity index (χ4n) is 2.19. The maximum Gasteiger partial charge on any atom is 0.0905 e. The summed E-state index contributed by atoms with van der Waals surface area (Å²) in [6.45, 7) is 2.44. The molecule has 0 radical (unpaired) electrons. The molecule has 0 spiro atoms. The molecule has 1 rings (SSSR count). The Bertz CT molecular complexity index is 196. The van der Waals surface area contributed by atoms with Crippen LogP contribution in [0.4, 0.5) is 0 Å². The summed E-state index contributed by atoms with van der Waals surface area (Å²) in [5.41, 5.74) is 5.29. The van der Waals surface area contributed by atoms with E-state index in [1.54, 1.807) is 0 Å². The number of unbranched alkanes of at least 4 members (excludes halogenated alkanes) is 1. The van der Waals surface area contributed by atoms with Gasteiger partial charge in [-0.15, -0.1) is 0 Å². The molecule has 0 amide bonds. The number of likely N-dealkylation sites (tertiary alicyclic amines) is 1. The smallest absolute Gasteiger partial charge is 0.0905 e. The lowest BCUT2D eigenvalue weighted by Crippen LogP contribution is -2.42. The minimum atomic E-state index is 0.284. The van der Waals surface area contributed by atoms with Crippen LogP contribution in [-0.4, -0.2) is 41.6 Å². The zero-order valence-electron chi connectivity index (χ0n) is 9.41. The van der Waals surface area contributed by atoms with E-state index in [-0.39, 0.29) is 12.4 Å². The number of piperidine rings is 1. The molecule has 4 N–H and O–H groups in total. The number of amidine groups is 1. The highest BCUT2D eigenvalue weighted by Crippen LogP contribution is 2.17. The molecule has 1 saturated heterocycles. The lowest BCUT2D eigenvalue weighted by atomic mass is 10.0. The lowest BCUT2D eigenvalue weighted by molar-refractivity contribution is 0.0889. The Balaban J connectivity index is 2.15. The molecule has 0 aromatic carbocycles. The summed E-state index contributed by atoms with van der Waals surface area (Å²) in [6, 6.07) is 0.371. The van der Waals surface area contributed by atoms with Gasteiger partial charge in [0.15, 0.2) is 0 Å². The van der Waals surface area contributed by atoms with Crippen LogP contribution in [0, 0.1) is 5.41 Å². The van der Waals surface area contributed by atoms with E-state index in [2.05, 4.69) is 4.90 Å². The van der Waals surface area contributed by atoms with Crippen LogP contribution in [0.3, 0.4) is 0 Å². The molecule has 1 unspecified atom stereocenters. The molecule has 1 aliphatic rings. The van der Waals surface area contributed by atoms with E-state index in [1.165, 1.54) is 12.8 Å². The molecule has 1 fully saturated rings. The van der Waals surface area contributed by atoms with Crippen LogP contribution < -0.4 is 5.73 Å². The Labute approximate surface area is 92.0 Å². The van der Waals surface area contributed by atoms with Crippen molar-refractivity contribution in [3.63, 3.8) is 0 Å². The molecule has 1 aliphatic heterocycles. The van der Waals surface area contributed by atoms with E-state index in [4.69, 9.17) is 11.1 Å². The highest BCUT2D eigenvalue weighted by atomic mass is 16.3. The number of aliphatic hydroxyl groups excluding tert-OH is 1. The van der Waals surface area contributed by atoms with E-state index in [0.717, 1.165) is 32.4 Å². The van der Waals surface area contributed by atoms with E-state index in [0.29, 0.717) is 12.5 Å². The van der Waals surface area contributed by atoms with Crippen LogP contribution in [0.15, 0.2) is 0 Å². The van der Waals surface area contributed by atoms with Crippen LogP contribution in [0.1, 0.15) is 38.5 Å². The molecule has 15 heavy (non-hydrogen) atoms. The first-order chi connectivity index (χ1) is 7.24.